The molecule has 92 valence electrons. The number of hydrogen-bond acceptors (Lipinski definition) is 2. The Hall–Kier alpha value is -1.35. The number of hydrogen-bond donors (Lipinski definition) is 0. The number of sulfone groups is 1. The van der Waals surface area contributed by atoms with Crippen molar-refractivity contribution in [3.63, 3.8) is 0 Å². The van der Waals surface area contributed by atoms with Crippen LogP contribution in [0.25, 0.3) is 10.8 Å². The molecule has 0 bridgehead atoms. The monoisotopic (exact) mass is 250 g/mol. The highest BCUT2D eigenvalue weighted by Crippen LogP contribution is 2.24. The van der Waals surface area contributed by atoms with Gasteiger partial charge in [0, 0.05) is 11.6 Å². The molecule has 0 unspecified atom stereocenters. The summed E-state index contributed by atoms with van der Waals surface area (Å²) in [6.07, 6.45) is 1.24. The van der Waals surface area contributed by atoms with Crippen LogP contribution in [0, 0.1) is 6.92 Å². The van der Waals surface area contributed by atoms with Gasteiger partial charge in [-0.3, -0.25) is 0 Å². The standard InChI is InChI=1S/C12H12O2S.C2H6/c1-9-5-3-7-11-10(9)6-4-8-12(11)15(2,13)14;1-2/h3-8H,1-2H3;1-2H3. The van der Waals surface area contributed by atoms with E-state index in [4.69, 9.17) is 0 Å². The minimum absolute atomic E-state index is 0.406. The zero-order valence-electron chi connectivity index (χ0n) is 10.7. The van der Waals surface area contributed by atoms with Gasteiger partial charge in [-0.1, -0.05) is 44.2 Å². The van der Waals surface area contributed by atoms with Gasteiger partial charge in [0.15, 0.2) is 9.84 Å². The van der Waals surface area contributed by atoms with Gasteiger partial charge >= 0.3 is 0 Å². The van der Waals surface area contributed by atoms with Gasteiger partial charge in [0.25, 0.3) is 0 Å². The van der Waals surface area contributed by atoms with E-state index >= 15 is 0 Å². The van der Waals surface area contributed by atoms with Gasteiger partial charge in [0.05, 0.1) is 4.90 Å². The van der Waals surface area contributed by atoms with Crippen LogP contribution in [0.15, 0.2) is 41.3 Å². The SMILES string of the molecule is CC.Cc1cccc2c(S(C)(=O)=O)cccc12. The molecule has 2 nitrogen and oxygen atoms in total. The molecule has 0 spiro atoms. The maximum atomic E-state index is 11.6. The third kappa shape index (κ3) is 2.86. The second-order valence-electron chi connectivity index (χ2n) is 3.70. The molecule has 0 radical (unpaired) electrons. The van der Waals surface area contributed by atoms with Crippen molar-refractivity contribution < 1.29 is 8.42 Å². The van der Waals surface area contributed by atoms with Crippen molar-refractivity contribution in [3.05, 3.63) is 42.0 Å². The molecule has 2 aromatic carbocycles. The number of aryl methyl sites for hydroxylation is 1. The van der Waals surface area contributed by atoms with Gasteiger partial charge in [0.1, 0.15) is 0 Å². The average molecular weight is 250 g/mol. The van der Waals surface area contributed by atoms with E-state index in [0.29, 0.717) is 4.90 Å². The first-order valence-corrected chi connectivity index (χ1v) is 7.58. The molecule has 0 N–H and O–H groups in total. The smallest absolute Gasteiger partial charge is 0.176 e. The molecular formula is C14H18O2S. The highest BCUT2D eigenvalue weighted by Gasteiger charge is 2.11. The molecule has 0 fully saturated rings. The fraction of sp³-hybridized carbons (Fsp3) is 0.286. The van der Waals surface area contributed by atoms with E-state index in [1.807, 2.05) is 45.0 Å². The Morgan fingerprint density at radius 2 is 1.41 bits per heavy atom. The topological polar surface area (TPSA) is 34.1 Å². The summed E-state index contributed by atoms with van der Waals surface area (Å²) >= 11 is 0. The summed E-state index contributed by atoms with van der Waals surface area (Å²) in [7, 11) is -3.15. The Morgan fingerprint density at radius 3 is 2.00 bits per heavy atom. The van der Waals surface area contributed by atoms with E-state index in [1.54, 1.807) is 12.1 Å². The van der Waals surface area contributed by atoms with Crippen LogP contribution in [0.1, 0.15) is 19.4 Å². The van der Waals surface area contributed by atoms with Crippen molar-refractivity contribution >= 4 is 20.6 Å². The van der Waals surface area contributed by atoms with E-state index < -0.39 is 9.84 Å². The Labute approximate surface area is 103 Å². The second kappa shape index (κ2) is 5.32. The zero-order valence-corrected chi connectivity index (χ0v) is 11.5. The lowest BCUT2D eigenvalue weighted by atomic mass is 10.1. The van der Waals surface area contributed by atoms with E-state index in [1.165, 1.54) is 6.26 Å². The van der Waals surface area contributed by atoms with Crippen LogP contribution in [-0.2, 0) is 9.84 Å². The lowest BCUT2D eigenvalue weighted by Crippen LogP contribution is -1.98. The minimum atomic E-state index is -3.15. The van der Waals surface area contributed by atoms with Crippen LogP contribution in [-0.4, -0.2) is 14.7 Å². The van der Waals surface area contributed by atoms with Crippen molar-refractivity contribution in [2.45, 2.75) is 25.7 Å². The van der Waals surface area contributed by atoms with Gasteiger partial charge < -0.3 is 0 Å². The van der Waals surface area contributed by atoms with E-state index in [0.717, 1.165) is 16.3 Å². The predicted octanol–water partition coefficient (Wildman–Crippen LogP) is 3.58. The van der Waals surface area contributed by atoms with Gasteiger partial charge in [0.2, 0.25) is 0 Å². The van der Waals surface area contributed by atoms with Gasteiger partial charge in [-0.15, -0.1) is 0 Å². The summed E-state index contributed by atoms with van der Waals surface area (Å²) in [5, 5.41) is 1.81. The predicted molar refractivity (Wildman–Crippen MR) is 73.1 cm³/mol. The van der Waals surface area contributed by atoms with Crippen molar-refractivity contribution in [2.75, 3.05) is 6.26 Å². The maximum Gasteiger partial charge on any atom is 0.176 e. The molecule has 2 aromatic rings. The van der Waals surface area contributed by atoms with Gasteiger partial charge in [-0.2, -0.15) is 0 Å². The Bertz CT molecular complexity index is 613. The van der Waals surface area contributed by atoms with Crippen LogP contribution in [0.3, 0.4) is 0 Å². The highest BCUT2D eigenvalue weighted by molar-refractivity contribution is 7.91. The Morgan fingerprint density at radius 1 is 0.882 bits per heavy atom. The Kier molecular flexibility index (Phi) is 4.29. The summed E-state index contributed by atoms with van der Waals surface area (Å²) < 4.78 is 23.1. The van der Waals surface area contributed by atoms with Crippen molar-refractivity contribution in [2.24, 2.45) is 0 Å². The molecule has 17 heavy (non-hydrogen) atoms. The van der Waals surface area contributed by atoms with Crippen LogP contribution < -0.4 is 0 Å². The highest BCUT2D eigenvalue weighted by atomic mass is 32.2. The number of rotatable bonds is 1. The van der Waals surface area contributed by atoms with Gasteiger partial charge in [-0.05, 0) is 23.9 Å². The molecule has 0 aliphatic heterocycles. The Balaban J connectivity index is 0.000000686. The molecule has 0 atom stereocenters. The normalized spacial score (nSPS) is 10.8. The third-order valence-electron chi connectivity index (χ3n) is 2.50. The first kappa shape index (κ1) is 13.7. The number of benzene rings is 2. The molecule has 0 saturated heterocycles. The molecule has 2 rings (SSSR count). The molecule has 0 aromatic heterocycles. The molecule has 3 heteroatoms. The van der Waals surface area contributed by atoms with Crippen LogP contribution in [0.4, 0.5) is 0 Å². The fourth-order valence-electron chi connectivity index (χ4n) is 1.76. The third-order valence-corrected chi connectivity index (χ3v) is 3.65. The van der Waals surface area contributed by atoms with E-state index in [2.05, 4.69) is 0 Å². The van der Waals surface area contributed by atoms with Crippen LogP contribution in [0.2, 0.25) is 0 Å². The quantitative estimate of drug-likeness (QED) is 0.775. The largest absolute Gasteiger partial charge is 0.224 e. The maximum absolute atomic E-state index is 11.6. The molecule has 0 aliphatic rings. The van der Waals surface area contributed by atoms with Crippen LogP contribution in [0.5, 0.6) is 0 Å². The second-order valence-corrected chi connectivity index (χ2v) is 5.68. The molecule has 0 saturated carbocycles. The molecular weight excluding hydrogens is 232 g/mol. The van der Waals surface area contributed by atoms with Crippen LogP contribution >= 0.6 is 0 Å². The van der Waals surface area contributed by atoms with Crippen molar-refractivity contribution in [3.8, 4) is 0 Å². The summed E-state index contributed by atoms with van der Waals surface area (Å²) in [5.41, 5.74) is 1.10. The first-order chi connectivity index (χ1) is 8.00. The number of fused-ring (bicyclic) bond motifs is 1. The first-order valence-electron chi connectivity index (χ1n) is 5.68. The van der Waals surface area contributed by atoms with Crippen molar-refractivity contribution in [1.29, 1.82) is 0 Å². The summed E-state index contributed by atoms with van der Waals surface area (Å²) in [5.74, 6) is 0. The summed E-state index contributed by atoms with van der Waals surface area (Å²) in [6, 6.07) is 11.1. The lowest BCUT2D eigenvalue weighted by molar-refractivity contribution is 0.602. The summed E-state index contributed by atoms with van der Waals surface area (Å²) in [6.45, 7) is 5.98. The van der Waals surface area contributed by atoms with E-state index in [9.17, 15) is 8.42 Å². The average Bonchev–Trinajstić information content (AvgIpc) is 2.30. The van der Waals surface area contributed by atoms with Gasteiger partial charge in [-0.25, -0.2) is 8.42 Å². The lowest BCUT2D eigenvalue weighted by Gasteiger charge is -2.06. The zero-order chi connectivity index (χ0) is 13.1. The van der Waals surface area contributed by atoms with Crippen molar-refractivity contribution in [1.82, 2.24) is 0 Å². The molecule has 0 aliphatic carbocycles. The molecule has 0 heterocycles. The molecule has 0 amide bonds. The minimum Gasteiger partial charge on any atom is -0.224 e. The van der Waals surface area contributed by atoms with E-state index in [-0.39, 0.29) is 0 Å². The summed E-state index contributed by atoms with van der Waals surface area (Å²) in [4.78, 5) is 0.406. The fourth-order valence-corrected chi connectivity index (χ4v) is 2.66.